The molecular formula is C14H15NO3. The maximum atomic E-state index is 11.4. The van der Waals surface area contributed by atoms with Crippen molar-refractivity contribution >= 4 is 16.7 Å². The summed E-state index contributed by atoms with van der Waals surface area (Å²) in [7, 11) is 1.31. The summed E-state index contributed by atoms with van der Waals surface area (Å²) in [6, 6.07) is 14.0. The molecule has 2 aromatic rings. The van der Waals surface area contributed by atoms with Crippen molar-refractivity contribution in [1.82, 2.24) is 0 Å². The van der Waals surface area contributed by atoms with E-state index in [-0.39, 0.29) is 0 Å². The fraction of sp³-hybridized carbons (Fsp3) is 0.214. The van der Waals surface area contributed by atoms with Crippen molar-refractivity contribution in [3.8, 4) is 0 Å². The Morgan fingerprint density at radius 2 is 1.94 bits per heavy atom. The first-order chi connectivity index (χ1) is 8.74. The minimum Gasteiger partial charge on any atom is -0.467 e. The smallest absolute Gasteiger partial charge is 0.337 e. The minimum absolute atomic E-state index is 0.397. The monoisotopic (exact) mass is 245 g/mol. The SMILES string of the molecule is COC(=O)[C@H](Cc1ccc2ccccc2c1)ON. The van der Waals surface area contributed by atoms with Gasteiger partial charge < -0.3 is 4.74 Å². The molecule has 0 fully saturated rings. The molecule has 2 N–H and O–H groups in total. The number of esters is 1. The highest BCUT2D eigenvalue weighted by atomic mass is 16.6. The van der Waals surface area contributed by atoms with Crippen molar-refractivity contribution in [2.24, 2.45) is 5.90 Å². The molecule has 0 bridgehead atoms. The van der Waals surface area contributed by atoms with Crippen LogP contribution in [-0.4, -0.2) is 19.2 Å². The third-order valence-electron chi connectivity index (χ3n) is 2.86. The normalized spacial score (nSPS) is 12.3. The Labute approximate surface area is 105 Å². The first kappa shape index (κ1) is 12.5. The Morgan fingerprint density at radius 3 is 2.61 bits per heavy atom. The third kappa shape index (κ3) is 2.67. The zero-order chi connectivity index (χ0) is 13.0. The van der Waals surface area contributed by atoms with Gasteiger partial charge in [-0.1, -0.05) is 42.5 Å². The largest absolute Gasteiger partial charge is 0.467 e. The second-order valence-electron chi connectivity index (χ2n) is 4.03. The molecule has 0 aliphatic rings. The summed E-state index contributed by atoms with van der Waals surface area (Å²) in [5.41, 5.74) is 0.981. The molecule has 0 spiro atoms. The molecule has 1 atom stereocenters. The maximum Gasteiger partial charge on any atom is 0.337 e. The summed E-state index contributed by atoms with van der Waals surface area (Å²) in [6.07, 6.45) is -0.371. The van der Waals surface area contributed by atoms with Gasteiger partial charge in [0.2, 0.25) is 0 Å². The van der Waals surface area contributed by atoms with Gasteiger partial charge >= 0.3 is 5.97 Å². The number of methoxy groups -OCH3 is 1. The van der Waals surface area contributed by atoms with E-state index in [1.807, 2.05) is 42.5 Å². The topological polar surface area (TPSA) is 61.5 Å². The molecule has 0 amide bonds. The fourth-order valence-electron chi connectivity index (χ4n) is 1.90. The van der Waals surface area contributed by atoms with E-state index in [1.54, 1.807) is 0 Å². The molecule has 0 aliphatic heterocycles. The number of rotatable bonds is 4. The van der Waals surface area contributed by atoms with Gasteiger partial charge in [-0.15, -0.1) is 0 Å². The molecule has 0 aliphatic carbocycles. The van der Waals surface area contributed by atoms with E-state index < -0.39 is 12.1 Å². The van der Waals surface area contributed by atoms with Crippen LogP contribution in [0, 0.1) is 0 Å². The van der Waals surface area contributed by atoms with Crippen molar-refractivity contribution in [3.05, 3.63) is 48.0 Å². The number of carbonyl (C=O) groups excluding carboxylic acids is 1. The lowest BCUT2D eigenvalue weighted by Crippen LogP contribution is -2.30. The van der Waals surface area contributed by atoms with Gasteiger partial charge in [-0.05, 0) is 16.3 Å². The van der Waals surface area contributed by atoms with Crippen molar-refractivity contribution in [1.29, 1.82) is 0 Å². The van der Waals surface area contributed by atoms with E-state index in [1.165, 1.54) is 7.11 Å². The van der Waals surface area contributed by atoms with Gasteiger partial charge in [0.05, 0.1) is 7.11 Å². The van der Waals surface area contributed by atoms with Gasteiger partial charge in [-0.2, -0.15) is 0 Å². The molecule has 4 heteroatoms. The molecule has 94 valence electrons. The number of hydrogen-bond acceptors (Lipinski definition) is 4. The number of fused-ring (bicyclic) bond motifs is 1. The Hall–Kier alpha value is -1.91. The number of nitrogens with two attached hydrogens (primary N) is 1. The molecule has 2 rings (SSSR count). The number of hydrogen-bond donors (Lipinski definition) is 1. The van der Waals surface area contributed by atoms with E-state index >= 15 is 0 Å². The summed E-state index contributed by atoms with van der Waals surface area (Å²) in [4.78, 5) is 16.0. The van der Waals surface area contributed by atoms with Crippen LogP contribution in [0.3, 0.4) is 0 Å². The van der Waals surface area contributed by atoms with Crippen molar-refractivity contribution in [3.63, 3.8) is 0 Å². The summed E-state index contributed by atoms with van der Waals surface area (Å²) < 4.78 is 4.62. The predicted molar refractivity (Wildman–Crippen MR) is 68.7 cm³/mol. The lowest BCUT2D eigenvalue weighted by Gasteiger charge is -2.12. The average Bonchev–Trinajstić information content (AvgIpc) is 2.43. The number of carbonyl (C=O) groups is 1. The van der Waals surface area contributed by atoms with Crippen molar-refractivity contribution < 1.29 is 14.4 Å². The van der Waals surface area contributed by atoms with Gasteiger partial charge in [0, 0.05) is 6.42 Å². The second kappa shape index (κ2) is 5.62. The van der Waals surface area contributed by atoms with Crippen LogP contribution in [0.5, 0.6) is 0 Å². The molecule has 2 aromatic carbocycles. The molecule has 0 saturated carbocycles. The van der Waals surface area contributed by atoms with E-state index in [2.05, 4.69) is 9.57 Å². The lowest BCUT2D eigenvalue weighted by molar-refractivity contribution is -0.154. The molecular weight excluding hydrogens is 230 g/mol. The quantitative estimate of drug-likeness (QED) is 0.659. The molecule has 0 heterocycles. The lowest BCUT2D eigenvalue weighted by atomic mass is 10.0. The zero-order valence-corrected chi connectivity index (χ0v) is 10.1. The first-order valence-corrected chi connectivity index (χ1v) is 5.65. The van der Waals surface area contributed by atoms with Crippen molar-refractivity contribution in [2.75, 3.05) is 7.11 Å². The van der Waals surface area contributed by atoms with Crippen LogP contribution in [0.15, 0.2) is 42.5 Å². The molecule has 0 aromatic heterocycles. The minimum atomic E-state index is -0.767. The average molecular weight is 245 g/mol. The Bertz CT molecular complexity index is 553. The van der Waals surface area contributed by atoms with E-state index in [0.717, 1.165) is 16.3 Å². The predicted octanol–water partition coefficient (Wildman–Crippen LogP) is 1.81. The van der Waals surface area contributed by atoms with E-state index in [4.69, 9.17) is 5.90 Å². The Morgan fingerprint density at radius 1 is 1.22 bits per heavy atom. The highest BCUT2D eigenvalue weighted by Gasteiger charge is 2.19. The Balaban J connectivity index is 2.23. The van der Waals surface area contributed by atoms with Crippen LogP contribution >= 0.6 is 0 Å². The van der Waals surface area contributed by atoms with Crippen molar-refractivity contribution in [2.45, 2.75) is 12.5 Å². The van der Waals surface area contributed by atoms with E-state index in [0.29, 0.717) is 6.42 Å². The molecule has 18 heavy (non-hydrogen) atoms. The van der Waals surface area contributed by atoms with Gasteiger partial charge in [0.1, 0.15) is 0 Å². The highest BCUT2D eigenvalue weighted by molar-refractivity contribution is 5.83. The molecule has 4 nitrogen and oxygen atoms in total. The molecule has 0 saturated heterocycles. The summed E-state index contributed by atoms with van der Waals surface area (Å²) in [5, 5.41) is 2.28. The standard InChI is InChI=1S/C14H15NO3/c1-17-14(16)13(18-15)9-10-6-7-11-4-2-3-5-12(11)8-10/h2-8,13H,9,15H2,1H3/t13-/m0/s1. The highest BCUT2D eigenvalue weighted by Crippen LogP contribution is 2.17. The number of ether oxygens (including phenoxy) is 1. The van der Waals surface area contributed by atoms with Gasteiger partial charge in [0.25, 0.3) is 0 Å². The van der Waals surface area contributed by atoms with Crippen LogP contribution < -0.4 is 5.90 Å². The van der Waals surface area contributed by atoms with Crippen LogP contribution in [0.1, 0.15) is 5.56 Å². The summed E-state index contributed by atoms with van der Waals surface area (Å²) >= 11 is 0. The first-order valence-electron chi connectivity index (χ1n) is 5.65. The van der Waals surface area contributed by atoms with Crippen LogP contribution in [0.25, 0.3) is 10.8 Å². The van der Waals surface area contributed by atoms with Gasteiger partial charge in [0.15, 0.2) is 6.10 Å². The van der Waals surface area contributed by atoms with Crippen LogP contribution in [-0.2, 0) is 20.8 Å². The third-order valence-corrected chi connectivity index (χ3v) is 2.86. The second-order valence-corrected chi connectivity index (χ2v) is 4.03. The maximum absolute atomic E-state index is 11.4. The molecule has 0 radical (unpaired) electrons. The summed E-state index contributed by atoms with van der Waals surface area (Å²) in [5.74, 6) is 4.64. The fourth-order valence-corrected chi connectivity index (χ4v) is 1.90. The molecule has 0 unspecified atom stereocenters. The van der Waals surface area contributed by atoms with Crippen LogP contribution in [0.2, 0.25) is 0 Å². The van der Waals surface area contributed by atoms with Crippen LogP contribution in [0.4, 0.5) is 0 Å². The zero-order valence-electron chi connectivity index (χ0n) is 10.1. The Kier molecular flexibility index (Phi) is 3.92. The van der Waals surface area contributed by atoms with E-state index in [9.17, 15) is 4.79 Å². The summed E-state index contributed by atoms with van der Waals surface area (Å²) in [6.45, 7) is 0. The number of benzene rings is 2. The van der Waals surface area contributed by atoms with Gasteiger partial charge in [-0.25, -0.2) is 10.7 Å². The van der Waals surface area contributed by atoms with Gasteiger partial charge in [-0.3, -0.25) is 4.84 Å².